The molecule has 116 valence electrons. The summed E-state index contributed by atoms with van der Waals surface area (Å²) in [5.74, 6) is -0.186. The van der Waals surface area contributed by atoms with E-state index in [0.29, 0.717) is 5.56 Å². The van der Waals surface area contributed by atoms with Crippen molar-refractivity contribution < 1.29 is 4.79 Å². The second-order valence-electron chi connectivity index (χ2n) is 5.33. The number of hydrogen-bond acceptors (Lipinski definition) is 3. The number of hydrazine groups is 1. The highest BCUT2D eigenvalue weighted by Gasteiger charge is 2.07. The molecule has 0 atom stereocenters. The molecule has 0 unspecified atom stereocenters. The first-order chi connectivity index (χ1) is 11.1. The molecule has 0 saturated carbocycles. The van der Waals surface area contributed by atoms with Crippen LogP contribution >= 0.6 is 0 Å². The number of hydrogen-bond donors (Lipinski definition) is 2. The molecule has 0 aliphatic rings. The maximum Gasteiger partial charge on any atom is 0.269 e. The Morgan fingerprint density at radius 1 is 1.00 bits per heavy atom. The fourth-order valence-corrected chi connectivity index (χ4v) is 2.37. The highest BCUT2D eigenvalue weighted by molar-refractivity contribution is 5.95. The van der Waals surface area contributed by atoms with Gasteiger partial charge in [0.2, 0.25) is 0 Å². The third-order valence-corrected chi connectivity index (χ3v) is 3.48. The van der Waals surface area contributed by atoms with Crippen molar-refractivity contribution >= 4 is 11.6 Å². The predicted octanol–water partition coefficient (Wildman–Crippen LogP) is 3.25. The summed E-state index contributed by atoms with van der Waals surface area (Å²) in [6.45, 7) is 3.96. The number of nitrogens with zero attached hydrogens (tertiary/aromatic N) is 2. The van der Waals surface area contributed by atoms with Gasteiger partial charge in [0.25, 0.3) is 5.91 Å². The van der Waals surface area contributed by atoms with Crippen LogP contribution in [0.15, 0.2) is 60.7 Å². The largest absolute Gasteiger partial charge is 0.298 e. The number of nitrogens with one attached hydrogen (secondary N) is 2. The molecule has 3 rings (SSSR count). The Bertz CT molecular complexity index is 807. The number of anilines is 1. The molecule has 0 spiro atoms. The number of carbonyl (C=O) groups is 1. The number of carbonyl (C=O) groups excluding carboxylic acids is 1. The van der Waals surface area contributed by atoms with Crippen LogP contribution in [-0.2, 0) is 0 Å². The smallest absolute Gasteiger partial charge is 0.269 e. The van der Waals surface area contributed by atoms with Crippen LogP contribution < -0.4 is 10.9 Å². The first-order valence-corrected chi connectivity index (χ1v) is 7.38. The molecule has 1 aromatic heterocycles. The van der Waals surface area contributed by atoms with Gasteiger partial charge in [0.1, 0.15) is 0 Å². The Labute approximate surface area is 134 Å². The molecule has 0 fully saturated rings. The van der Waals surface area contributed by atoms with Crippen LogP contribution in [-0.4, -0.2) is 15.7 Å². The van der Waals surface area contributed by atoms with Gasteiger partial charge >= 0.3 is 0 Å². The minimum absolute atomic E-state index is 0.186. The molecule has 0 aliphatic heterocycles. The highest BCUT2D eigenvalue weighted by atomic mass is 16.2. The molecule has 0 saturated heterocycles. The van der Waals surface area contributed by atoms with Crippen LogP contribution in [0.25, 0.3) is 5.69 Å². The number of aromatic nitrogens is 2. The van der Waals surface area contributed by atoms with Crippen molar-refractivity contribution in [1.82, 2.24) is 15.2 Å². The maximum atomic E-state index is 12.1. The molecule has 0 aliphatic carbocycles. The lowest BCUT2D eigenvalue weighted by Gasteiger charge is -2.09. The summed E-state index contributed by atoms with van der Waals surface area (Å²) >= 11 is 0. The second-order valence-corrected chi connectivity index (χ2v) is 5.33. The number of benzene rings is 2. The van der Waals surface area contributed by atoms with Crippen LogP contribution in [0.5, 0.6) is 0 Å². The van der Waals surface area contributed by atoms with Crippen molar-refractivity contribution in [3.63, 3.8) is 0 Å². The lowest BCUT2D eigenvalue weighted by molar-refractivity contribution is 0.0962. The van der Waals surface area contributed by atoms with E-state index < -0.39 is 0 Å². The summed E-state index contributed by atoms with van der Waals surface area (Å²) in [4.78, 5) is 12.1. The zero-order valence-corrected chi connectivity index (χ0v) is 13.1. The van der Waals surface area contributed by atoms with E-state index in [4.69, 9.17) is 0 Å². The van der Waals surface area contributed by atoms with E-state index >= 15 is 0 Å². The van der Waals surface area contributed by atoms with Gasteiger partial charge in [-0.1, -0.05) is 18.2 Å². The molecule has 0 bridgehead atoms. The van der Waals surface area contributed by atoms with Gasteiger partial charge in [0, 0.05) is 11.3 Å². The molecule has 5 nitrogen and oxygen atoms in total. The van der Waals surface area contributed by atoms with Gasteiger partial charge in [0.15, 0.2) is 0 Å². The summed E-state index contributed by atoms with van der Waals surface area (Å²) in [5.41, 5.74) is 9.94. The Morgan fingerprint density at radius 2 is 1.70 bits per heavy atom. The SMILES string of the molecule is Cc1cc(C)n(-c2ccc(C(=O)NNc3ccccc3)cc2)n1. The molecular formula is C18H18N4O. The third-order valence-electron chi connectivity index (χ3n) is 3.48. The first kappa shape index (κ1) is 14.8. The first-order valence-electron chi connectivity index (χ1n) is 7.38. The summed E-state index contributed by atoms with van der Waals surface area (Å²) in [7, 11) is 0. The zero-order valence-electron chi connectivity index (χ0n) is 13.1. The van der Waals surface area contributed by atoms with Crippen molar-refractivity contribution in [2.75, 3.05) is 5.43 Å². The Balaban J connectivity index is 1.69. The molecule has 5 heteroatoms. The molecule has 0 radical (unpaired) electrons. The fourth-order valence-electron chi connectivity index (χ4n) is 2.37. The van der Waals surface area contributed by atoms with Crippen molar-refractivity contribution in [2.45, 2.75) is 13.8 Å². The normalized spacial score (nSPS) is 10.3. The van der Waals surface area contributed by atoms with Crippen molar-refractivity contribution in [3.05, 3.63) is 77.6 Å². The van der Waals surface area contributed by atoms with Gasteiger partial charge in [-0.2, -0.15) is 5.10 Å². The van der Waals surface area contributed by atoms with Crippen LogP contribution in [0, 0.1) is 13.8 Å². The van der Waals surface area contributed by atoms with E-state index in [1.54, 1.807) is 12.1 Å². The predicted molar refractivity (Wildman–Crippen MR) is 90.6 cm³/mol. The number of amides is 1. The van der Waals surface area contributed by atoms with Crippen molar-refractivity contribution in [3.8, 4) is 5.69 Å². The molecule has 2 N–H and O–H groups in total. The molecule has 1 amide bonds. The van der Waals surface area contributed by atoms with Crippen LogP contribution in [0.3, 0.4) is 0 Å². The van der Waals surface area contributed by atoms with Crippen molar-refractivity contribution in [1.29, 1.82) is 0 Å². The summed E-state index contributed by atoms with van der Waals surface area (Å²) < 4.78 is 1.86. The fraction of sp³-hybridized carbons (Fsp3) is 0.111. The molecule has 3 aromatic rings. The van der Waals surface area contributed by atoms with E-state index in [2.05, 4.69) is 16.0 Å². The lowest BCUT2D eigenvalue weighted by Crippen LogP contribution is -2.29. The Kier molecular flexibility index (Phi) is 4.10. The van der Waals surface area contributed by atoms with E-state index in [1.807, 2.05) is 67.1 Å². The van der Waals surface area contributed by atoms with Crippen molar-refractivity contribution in [2.24, 2.45) is 0 Å². The van der Waals surface area contributed by atoms with Gasteiger partial charge in [-0.3, -0.25) is 15.6 Å². The molecule has 1 heterocycles. The average Bonchev–Trinajstić information content (AvgIpc) is 2.92. The minimum Gasteiger partial charge on any atom is -0.298 e. The van der Waals surface area contributed by atoms with E-state index in [0.717, 1.165) is 22.8 Å². The van der Waals surface area contributed by atoms with Gasteiger partial charge in [-0.25, -0.2) is 4.68 Å². The van der Waals surface area contributed by atoms with Gasteiger partial charge in [-0.15, -0.1) is 0 Å². The standard InChI is InChI=1S/C18H18N4O/c1-13-12-14(2)22(21-13)17-10-8-15(9-11-17)18(23)20-19-16-6-4-3-5-7-16/h3-12,19H,1-2H3,(H,20,23). The monoisotopic (exact) mass is 306 g/mol. The Hall–Kier alpha value is -3.08. The van der Waals surface area contributed by atoms with E-state index in [-0.39, 0.29) is 5.91 Å². The van der Waals surface area contributed by atoms with Gasteiger partial charge < -0.3 is 0 Å². The summed E-state index contributed by atoms with van der Waals surface area (Å²) in [5, 5.41) is 4.43. The lowest BCUT2D eigenvalue weighted by atomic mass is 10.2. The summed E-state index contributed by atoms with van der Waals surface area (Å²) in [6.07, 6.45) is 0. The minimum atomic E-state index is -0.186. The number of rotatable bonds is 4. The average molecular weight is 306 g/mol. The quantitative estimate of drug-likeness (QED) is 0.727. The molecule has 2 aromatic carbocycles. The zero-order chi connectivity index (χ0) is 16.2. The van der Waals surface area contributed by atoms with Gasteiger partial charge in [0.05, 0.1) is 17.1 Å². The number of aryl methyl sites for hydroxylation is 2. The maximum absolute atomic E-state index is 12.1. The third kappa shape index (κ3) is 3.40. The topological polar surface area (TPSA) is 59.0 Å². The van der Waals surface area contributed by atoms with Gasteiger partial charge in [-0.05, 0) is 56.3 Å². The molecule has 23 heavy (non-hydrogen) atoms. The number of para-hydroxylation sites is 1. The second kappa shape index (κ2) is 6.36. The van der Waals surface area contributed by atoms with Crippen LogP contribution in [0.2, 0.25) is 0 Å². The molecular weight excluding hydrogens is 288 g/mol. The summed E-state index contributed by atoms with van der Waals surface area (Å²) in [6, 6.07) is 18.8. The van der Waals surface area contributed by atoms with Crippen LogP contribution in [0.1, 0.15) is 21.7 Å². The highest BCUT2D eigenvalue weighted by Crippen LogP contribution is 2.13. The Morgan fingerprint density at radius 3 is 2.30 bits per heavy atom. The van der Waals surface area contributed by atoms with E-state index in [1.165, 1.54) is 0 Å². The van der Waals surface area contributed by atoms with Crippen LogP contribution in [0.4, 0.5) is 5.69 Å². The van der Waals surface area contributed by atoms with E-state index in [9.17, 15) is 4.79 Å².